The molecule has 5 heteroatoms. The first kappa shape index (κ1) is 14.8. The molecule has 0 aliphatic heterocycles. The molecular weight excluding hydrogens is 272 g/mol. The third-order valence-corrected chi connectivity index (χ3v) is 3.94. The molecule has 1 aromatic carbocycles. The largest absolute Gasteiger partial charge is 0.339 e. The van der Waals surface area contributed by atoms with Gasteiger partial charge < -0.3 is 4.52 Å². The lowest BCUT2D eigenvalue weighted by Gasteiger charge is -2.05. The van der Waals surface area contributed by atoms with E-state index in [1.165, 1.54) is 0 Å². The van der Waals surface area contributed by atoms with Crippen molar-refractivity contribution >= 4 is 17.5 Å². The average molecular weight is 290 g/mol. The summed E-state index contributed by atoms with van der Waals surface area (Å²) < 4.78 is 5.21. The van der Waals surface area contributed by atoms with Crippen molar-refractivity contribution in [2.24, 2.45) is 0 Å². The molecule has 1 heterocycles. The molecule has 106 valence electrons. The van der Waals surface area contributed by atoms with Gasteiger partial charge in [0.05, 0.1) is 11.7 Å². The van der Waals surface area contributed by atoms with Crippen molar-refractivity contribution in [2.45, 2.75) is 37.7 Å². The Morgan fingerprint density at radius 1 is 1.25 bits per heavy atom. The molecule has 0 aliphatic rings. The maximum absolute atomic E-state index is 12.3. The van der Waals surface area contributed by atoms with Gasteiger partial charge in [-0.3, -0.25) is 4.79 Å². The number of hydrogen-bond acceptors (Lipinski definition) is 5. The summed E-state index contributed by atoms with van der Waals surface area (Å²) in [4.78, 5) is 16.6. The smallest absolute Gasteiger partial charge is 0.237 e. The van der Waals surface area contributed by atoms with E-state index in [4.69, 9.17) is 4.52 Å². The zero-order valence-electron chi connectivity index (χ0n) is 11.9. The molecule has 1 unspecified atom stereocenters. The molecule has 0 N–H and O–H groups in total. The van der Waals surface area contributed by atoms with Crippen LogP contribution in [0.15, 0.2) is 34.9 Å². The van der Waals surface area contributed by atoms with E-state index in [0.717, 1.165) is 0 Å². The van der Waals surface area contributed by atoms with Gasteiger partial charge in [-0.05, 0) is 12.2 Å². The molecular formula is C15H18N2O2S. The van der Waals surface area contributed by atoms with Crippen LogP contribution in [0.1, 0.15) is 48.8 Å². The van der Waals surface area contributed by atoms with E-state index in [1.807, 2.05) is 18.2 Å². The van der Waals surface area contributed by atoms with Crippen LogP contribution < -0.4 is 0 Å². The van der Waals surface area contributed by atoms with Gasteiger partial charge in [0, 0.05) is 5.56 Å². The van der Waals surface area contributed by atoms with Gasteiger partial charge in [-0.15, -0.1) is 0 Å². The van der Waals surface area contributed by atoms with Crippen LogP contribution in [0.2, 0.25) is 0 Å². The van der Waals surface area contributed by atoms with E-state index in [9.17, 15) is 4.79 Å². The highest BCUT2D eigenvalue weighted by Gasteiger charge is 2.23. The Labute approximate surface area is 123 Å². The first-order chi connectivity index (χ1) is 9.58. The minimum absolute atomic E-state index is 0.00249. The normalized spacial score (nSPS) is 12.6. The van der Waals surface area contributed by atoms with E-state index in [1.54, 1.807) is 30.8 Å². The Balaban J connectivity index is 2.06. The highest BCUT2D eigenvalue weighted by Crippen LogP contribution is 2.21. The lowest BCUT2D eigenvalue weighted by atomic mass is 9.99. The second-order valence-electron chi connectivity index (χ2n) is 4.86. The van der Waals surface area contributed by atoms with Crippen molar-refractivity contribution in [3.63, 3.8) is 0 Å². The number of rotatable bonds is 6. The van der Waals surface area contributed by atoms with Crippen LogP contribution >= 0.6 is 11.8 Å². The summed E-state index contributed by atoms with van der Waals surface area (Å²) in [5, 5.41) is 4.44. The standard InChI is InChI=1S/C15H18N2O2S/c1-10(2)20-9-13-16-15(19-17-13)11(3)14(18)12-7-5-4-6-8-12/h4-8,10-11H,9H2,1-3H3. The molecule has 2 rings (SSSR count). The van der Waals surface area contributed by atoms with Crippen molar-refractivity contribution in [3.05, 3.63) is 47.6 Å². The molecule has 0 radical (unpaired) electrons. The van der Waals surface area contributed by atoms with Gasteiger partial charge >= 0.3 is 0 Å². The van der Waals surface area contributed by atoms with E-state index in [2.05, 4.69) is 24.0 Å². The number of benzene rings is 1. The summed E-state index contributed by atoms with van der Waals surface area (Å²) in [6.45, 7) is 6.03. The Hall–Kier alpha value is -1.62. The lowest BCUT2D eigenvalue weighted by molar-refractivity contribution is 0.0951. The van der Waals surface area contributed by atoms with Crippen molar-refractivity contribution in [1.82, 2.24) is 10.1 Å². The first-order valence-corrected chi connectivity index (χ1v) is 7.66. The van der Waals surface area contributed by atoms with Crippen molar-refractivity contribution < 1.29 is 9.32 Å². The maximum Gasteiger partial charge on any atom is 0.237 e. The second-order valence-corrected chi connectivity index (χ2v) is 6.43. The van der Waals surface area contributed by atoms with Crippen LogP contribution in [0.4, 0.5) is 0 Å². The SMILES string of the molecule is CC(C)SCc1noc(C(C)C(=O)c2ccccc2)n1. The highest BCUT2D eigenvalue weighted by atomic mass is 32.2. The van der Waals surface area contributed by atoms with E-state index in [0.29, 0.717) is 28.3 Å². The van der Waals surface area contributed by atoms with E-state index < -0.39 is 5.92 Å². The van der Waals surface area contributed by atoms with Gasteiger partial charge in [-0.25, -0.2) is 0 Å². The Morgan fingerprint density at radius 3 is 2.60 bits per heavy atom. The van der Waals surface area contributed by atoms with Crippen LogP contribution in [0.25, 0.3) is 0 Å². The molecule has 2 aromatic rings. The molecule has 0 amide bonds. The summed E-state index contributed by atoms with van der Waals surface area (Å²) in [5.74, 6) is 1.32. The zero-order valence-corrected chi connectivity index (χ0v) is 12.7. The van der Waals surface area contributed by atoms with Crippen LogP contribution in [0.5, 0.6) is 0 Å². The number of carbonyl (C=O) groups excluding carboxylic acids is 1. The summed E-state index contributed by atoms with van der Waals surface area (Å²) >= 11 is 1.74. The second kappa shape index (κ2) is 6.70. The first-order valence-electron chi connectivity index (χ1n) is 6.61. The zero-order chi connectivity index (χ0) is 14.5. The Bertz CT molecular complexity index is 566. The van der Waals surface area contributed by atoms with E-state index >= 15 is 0 Å². The Morgan fingerprint density at radius 2 is 1.95 bits per heavy atom. The van der Waals surface area contributed by atoms with Crippen LogP contribution in [-0.4, -0.2) is 21.2 Å². The number of Topliss-reactive ketones (excluding diaryl/α,β-unsaturated/α-hetero) is 1. The number of nitrogens with zero attached hydrogens (tertiary/aromatic N) is 2. The number of thioether (sulfide) groups is 1. The number of aromatic nitrogens is 2. The summed E-state index contributed by atoms with van der Waals surface area (Å²) in [7, 11) is 0. The van der Waals surface area contributed by atoms with Crippen molar-refractivity contribution in [2.75, 3.05) is 0 Å². The fourth-order valence-electron chi connectivity index (χ4n) is 1.71. The van der Waals surface area contributed by atoms with Gasteiger partial charge in [0.1, 0.15) is 0 Å². The Kier molecular flexibility index (Phi) is 4.95. The minimum Gasteiger partial charge on any atom is -0.339 e. The molecule has 0 spiro atoms. The van der Waals surface area contributed by atoms with Crippen LogP contribution in [-0.2, 0) is 5.75 Å². The fourth-order valence-corrected chi connectivity index (χ4v) is 2.31. The van der Waals surface area contributed by atoms with Gasteiger partial charge in [0.15, 0.2) is 11.6 Å². The van der Waals surface area contributed by atoms with Gasteiger partial charge in [0.25, 0.3) is 0 Å². The lowest BCUT2D eigenvalue weighted by Crippen LogP contribution is -2.10. The summed E-state index contributed by atoms with van der Waals surface area (Å²) in [5.41, 5.74) is 0.663. The average Bonchev–Trinajstić information content (AvgIpc) is 2.93. The van der Waals surface area contributed by atoms with Crippen molar-refractivity contribution in [1.29, 1.82) is 0 Å². The molecule has 0 aliphatic carbocycles. The van der Waals surface area contributed by atoms with E-state index in [-0.39, 0.29) is 5.78 Å². The molecule has 1 atom stereocenters. The number of carbonyl (C=O) groups is 1. The summed E-state index contributed by atoms with van der Waals surface area (Å²) in [6.07, 6.45) is 0. The molecule has 0 saturated heterocycles. The van der Waals surface area contributed by atoms with Gasteiger partial charge in [-0.1, -0.05) is 49.3 Å². The third-order valence-electron chi connectivity index (χ3n) is 2.85. The topological polar surface area (TPSA) is 56.0 Å². The molecule has 0 fully saturated rings. The molecule has 4 nitrogen and oxygen atoms in total. The fraction of sp³-hybridized carbons (Fsp3) is 0.400. The van der Waals surface area contributed by atoms with Crippen LogP contribution in [0, 0.1) is 0 Å². The maximum atomic E-state index is 12.3. The number of ketones is 1. The molecule has 20 heavy (non-hydrogen) atoms. The molecule has 1 aromatic heterocycles. The minimum atomic E-state index is -0.414. The van der Waals surface area contributed by atoms with Crippen LogP contribution in [0.3, 0.4) is 0 Å². The van der Waals surface area contributed by atoms with Gasteiger partial charge in [0.2, 0.25) is 5.89 Å². The summed E-state index contributed by atoms with van der Waals surface area (Å²) in [6, 6.07) is 9.17. The number of hydrogen-bond donors (Lipinski definition) is 0. The monoisotopic (exact) mass is 290 g/mol. The molecule has 0 bridgehead atoms. The predicted molar refractivity (Wildman–Crippen MR) is 79.9 cm³/mol. The predicted octanol–water partition coefficient (Wildman–Crippen LogP) is 3.70. The quantitative estimate of drug-likeness (QED) is 0.759. The highest BCUT2D eigenvalue weighted by molar-refractivity contribution is 7.99. The van der Waals surface area contributed by atoms with Crippen molar-refractivity contribution in [3.8, 4) is 0 Å². The van der Waals surface area contributed by atoms with Gasteiger partial charge in [-0.2, -0.15) is 16.7 Å². The third kappa shape index (κ3) is 3.70. The molecule has 0 saturated carbocycles.